The Morgan fingerprint density at radius 3 is 2.92 bits per heavy atom. The molecule has 0 spiro atoms. The summed E-state index contributed by atoms with van der Waals surface area (Å²) in [6.07, 6.45) is 2.38. The number of imidazole rings is 1. The average molecular weight is 328 g/mol. The predicted octanol–water partition coefficient (Wildman–Crippen LogP) is 2.97. The number of hydrogen-bond acceptors (Lipinski definition) is 3. The summed E-state index contributed by atoms with van der Waals surface area (Å²) >= 11 is 0. The van der Waals surface area contributed by atoms with E-state index in [9.17, 15) is 4.79 Å². The molecule has 2 aromatic rings. The molecule has 1 aliphatic rings. The number of rotatable bonds is 5. The van der Waals surface area contributed by atoms with Crippen molar-refractivity contribution < 1.29 is 4.79 Å². The third kappa shape index (κ3) is 3.78. The molecule has 24 heavy (non-hydrogen) atoms. The summed E-state index contributed by atoms with van der Waals surface area (Å²) in [6.45, 7) is 9.82. The highest BCUT2D eigenvalue weighted by atomic mass is 16.1. The number of fused-ring (bicyclic) bond motifs is 1. The number of para-hydroxylation sites is 2. The quantitative estimate of drug-likeness (QED) is 0.918. The van der Waals surface area contributed by atoms with Gasteiger partial charge in [0.05, 0.1) is 17.6 Å². The van der Waals surface area contributed by atoms with Crippen LogP contribution in [0.4, 0.5) is 0 Å². The van der Waals surface area contributed by atoms with E-state index in [1.54, 1.807) is 6.92 Å². The van der Waals surface area contributed by atoms with E-state index in [1.165, 1.54) is 18.4 Å². The number of carbonyl (C=O) groups excluding carboxylic acids is 1. The van der Waals surface area contributed by atoms with E-state index in [2.05, 4.69) is 46.8 Å². The first-order chi connectivity index (χ1) is 11.5. The topological polar surface area (TPSA) is 50.2 Å². The van der Waals surface area contributed by atoms with Crippen molar-refractivity contribution in [3.8, 4) is 0 Å². The summed E-state index contributed by atoms with van der Waals surface area (Å²) in [5.74, 6) is 1.75. The fourth-order valence-electron chi connectivity index (χ4n) is 3.73. The zero-order valence-corrected chi connectivity index (χ0v) is 15.0. The third-order valence-corrected chi connectivity index (χ3v) is 4.79. The largest absolute Gasteiger partial charge is 0.356 e. The van der Waals surface area contributed by atoms with E-state index < -0.39 is 0 Å². The molecule has 0 aliphatic carbocycles. The van der Waals surface area contributed by atoms with Gasteiger partial charge in [0.25, 0.3) is 0 Å². The van der Waals surface area contributed by atoms with Crippen LogP contribution in [0.2, 0.25) is 0 Å². The summed E-state index contributed by atoms with van der Waals surface area (Å²) in [5.41, 5.74) is 2.29. The molecule has 1 amide bonds. The first-order valence-corrected chi connectivity index (χ1v) is 8.97. The number of benzene rings is 1. The highest BCUT2D eigenvalue weighted by Crippen LogP contribution is 2.24. The van der Waals surface area contributed by atoms with Crippen molar-refractivity contribution in [2.24, 2.45) is 5.92 Å². The molecule has 0 bridgehead atoms. The molecule has 1 fully saturated rings. The maximum atomic E-state index is 11.1. The molecule has 0 radical (unpaired) electrons. The second kappa shape index (κ2) is 7.34. The zero-order chi connectivity index (χ0) is 17.1. The average Bonchev–Trinajstić information content (AvgIpc) is 2.91. The second-order valence-electron chi connectivity index (χ2n) is 7.16. The van der Waals surface area contributed by atoms with E-state index in [1.807, 2.05) is 6.07 Å². The van der Waals surface area contributed by atoms with Gasteiger partial charge in [-0.3, -0.25) is 9.69 Å². The Morgan fingerprint density at radius 2 is 2.17 bits per heavy atom. The number of carbonyl (C=O) groups is 1. The normalized spacial score (nSPS) is 19.1. The molecule has 1 saturated heterocycles. The lowest BCUT2D eigenvalue weighted by Gasteiger charge is -2.32. The molecule has 3 rings (SSSR count). The second-order valence-corrected chi connectivity index (χ2v) is 7.16. The van der Waals surface area contributed by atoms with Gasteiger partial charge in [-0.1, -0.05) is 12.1 Å². The highest BCUT2D eigenvalue weighted by Gasteiger charge is 2.22. The standard InChI is InChI=1S/C19H28N4O/c1-14(2)23-18-9-5-4-8-17(18)21-19(23)13-22-10-6-7-16(12-22)11-20-15(3)24/h4-5,8-9,14,16H,6-7,10-13H2,1-3H3,(H,20,24)/t16-/m1/s1. The molecule has 2 heterocycles. The van der Waals surface area contributed by atoms with Crippen molar-refractivity contribution in [1.29, 1.82) is 0 Å². The number of nitrogens with zero attached hydrogens (tertiary/aromatic N) is 3. The molecular weight excluding hydrogens is 300 g/mol. The fraction of sp³-hybridized carbons (Fsp3) is 0.579. The van der Waals surface area contributed by atoms with E-state index in [4.69, 9.17) is 4.98 Å². The molecule has 0 saturated carbocycles. The molecule has 5 nitrogen and oxygen atoms in total. The summed E-state index contributed by atoms with van der Waals surface area (Å²) < 4.78 is 2.35. The minimum Gasteiger partial charge on any atom is -0.356 e. The van der Waals surface area contributed by atoms with Gasteiger partial charge in [-0.25, -0.2) is 4.98 Å². The summed E-state index contributed by atoms with van der Waals surface area (Å²) in [6, 6.07) is 8.77. The SMILES string of the molecule is CC(=O)NC[C@H]1CCCN(Cc2nc3ccccc3n2C(C)C)C1. The molecule has 1 aromatic carbocycles. The van der Waals surface area contributed by atoms with Gasteiger partial charge >= 0.3 is 0 Å². The van der Waals surface area contributed by atoms with E-state index in [0.29, 0.717) is 12.0 Å². The summed E-state index contributed by atoms with van der Waals surface area (Å²) in [7, 11) is 0. The lowest BCUT2D eigenvalue weighted by molar-refractivity contribution is -0.119. The van der Waals surface area contributed by atoms with Gasteiger partial charge in [-0.05, 0) is 51.3 Å². The minimum absolute atomic E-state index is 0.0636. The summed E-state index contributed by atoms with van der Waals surface area (Å²) in [5, 5.41) is 2.96. The van der Waals surface area contributed by atoms with Crippen LogP contribution >= 0.6 is 0 Å². The van der Waals surface area contributed by atoms with Gasteiger partial charge in [-0.15, -0.1) is 0 Å². The van der Waals surface area contributed by atoms with Crippen LogP contribution in [0.5, 0.6) is 0 Å². The Labute approximate surface area is 144 Å². The zero-order valence-electron chi connectivity index (χ0n) is 15.0. The maximum absolute atomic E-state index is 11.1. The number of hydrogen-bond donors (Lipinski definition) is 1. The fourth-order valence-corrected chi connectivity index (χ4v) is 3.73. The van der Waals surface area contributed by atoms with Crippen molar-refractivity contribution in [3.63, 3.8) is 0 Å². The van der Waals surface area contributed by atoms with Crippen molar-refractivity contribution in [2.75, 3.05) is 19.6 Å². The molecule has 1 atom stereocenters. The van der Waals surface area contributed by atoms with Crippen LogP contribution in [0.15, 0.2) is 24.3 Å². The molecule has 0 unspecified atom stereocenters. The Hall–Kier alpha value is -1.88. The molecule has 1 aliphatic heterocycles. The Bertz CT molecular complexity index is 706. The number of amides is 1. The number of piperidine rings is 1. The molecular formula is C19H28N4O. The van der Waals surface area contributed by atoms with Gasteiger partial charge in [0.1, 0.15) is 5.82 Å². The van der Waals surface area contributed by atoms with Crippen LogP contribution in [0, 0.1) is 5.92 Å². The Morgan fingerprint density at radius 1 is 1.38 bits per heavy atom. The lowest BCUT2D eigenvalue weighted by atomic mass is 9.98. The van der Waals surface area contributed by atoms with E-state index >= 15 is 0 Å². The number of likely N-dealkylation sites (tertiary alicyclic amines) is 1. The van der Waals surface area contributed by atoms with Crippen LogP contribution in [0.1, 0.15) is 45.5 Å². The minimum atomic E-state index is 0.0636. The van der Waals surface area contributed by atoms with Crippen molar-refractivity contribution in [1.82, 2.24) is 19.8 Å². The first-order valence-electron chi connectivity index (χ1n) is 8.97. The molecule has 1 N–H and O–H groups in total. The molecule has 5 heteroatoms. The maximum Gasteiger partial charge on any atom is 0.216 e. The van der Waals surface area contributed by atoms with Crippen LogP contribution < -0.4 is 5.32 Å². The van der Waals surface area contributed by atoms with Crippen LogP contribution in [0.25, 0.3) is 11.0 Å². The molecule has 130 valence electrons. The van der Waals surface area contributed by atoms with Crippen LogP contribution in [-0.2, 0) is 11.3 Å². The van der Waals surface area contributed by atoms with Gasteiger partial charge < -0.3 is 9.88 Å². The predicted molar refractivity (Wildman–Crippen MR) is 96.8 cm³/mol. The van der Waals surface area contributed by atoms with Crippen LogP contribution in [0.3, 0.4) is 0 Å². The van der Waals surface area contributed by atoms with Gasteiger partial charge in [-0.2, -0.15) is 0 Å². The van der Waals surface area contributed by atoms with Crippen molar-refractivity contribution in [2.45, 2.75) is 46.2 Å². The summed E-state index contributed by atoms with van der Waals surface area (Å²) in [4.78, 5) is 18.5. The van der Waals surface area contributed by atoms with Crippen LogP contribution in [-0.4, -0.2) is 40.0 Å². The van der Waals surface area contributed by atoms with E-state index in [-0.39, 0.29) is 5.91 Å². The van der Waals surface area contributed by atoms with Gasteiger partial charge in [0, 0.05) is 26.1 Å². The number of aromatic nitrogens is 2. The van der Waals surface area contributed by atoms with Crippen molar-refractivity contribution >= 4 is 16.9 Å². The van der Waals surface area contributed by atoms with Crippen molar-refractivity contribution in [3.05, 3.63) is 30.1 Å². The lowest BCUT2D eigenvalue weighted by Crippen LogP contribution is -2.40. The van der Waals surface area contributed by atoms with Gasteiger partial charge in [0.2, 0.25) is 5.91 Å². The Balaban J connectivity index is 1.74. The van der Waals surface area contributed by atoms with Gasteiger partial charge in [0.15, 0.2) is 0 Å². The van der Waals surface area contributed by atoms with E-state index in [0.717, 1.165) is 37.5 Å². The Kier molecular flexibility index (Phi) is 5.19. The first kappa shape index (κ1) is 17.0. The monoisotopic (exact) mass is 328 g/mol. The smallest absolute Gasteiger partial charge is 0.216 e. The molecule has 1 aromatic heterocycles. The third-order valence-electron chi connectivity index (χ3n) is 4.79. The number of nitrogens with one attached hydrogen (secondary N) is 1. The highest BCUT2D eigenvalue weighted by molar-refractivity contribution is 5.76.